The van der Waals surface area contributed by atoms with Gasteiger partial charge in [-0.15, -0.1) is 0 Å². The second-order valence-corrected chi connectivity index (χ2v) is 7.05. The van der Waals surface area contributed by atoms with Gasteiger partial charge in [0, 0.05) is 58.6 Å². The molecule has 0 N–H and O–H groups in total. The Labute approximate surface area is 137 Å². The van der Waals surface area contributed by atoms with Crippen LogP contribution in [-0.2, 0) is 16.1 Å². The fourth-order valence-electron chi connectivity index (χ4n) is 4.36. The van der Waals surface area contributed by atoms with Gasteiger partial charge in [0.1, 0.15) is 0 Å². The van der Waals surface area contributed by atoms with Crippen LogP contribution in [0.2, 0.25) is 0 Å². The van der Waals surface area contributed by atoms with Crippen molar-refractivity contribution in [3.05, 3.63) is 30.1 Å². The normalized spacial score (nSPS) is 27.5. The van der Waals surface area contributed by atoms with Crippen molar-refractivity contribution in [3.8, 4) is 0 Å². The maximum atomic E-state index is 11.9. The van der Waals surface area contributed by atoms with E-state index in [9.17, 15) is 4.79 Å². The van der Waals surface area contributed by atoms with E-state index in [1.165, 1.54) is 5.56 Å². The highest BCUT2D eigenvalue weighted by Crippen LogP contribution is 2.36. The van der Waals surface area contributed by atoms with Crippen LogP contribution in [0.15, 0.2) is 24.5 Å². The number of nitrogens with zero attached hydrogens (tertiary/aromatic N) is 4. The number of hydrogen-bond donors (Lipinski definition) is 0. The van der Waals surface area contributed by atoms with Gasteiger partial charge in [0.25, 0.3) is 0 Å². The number of carbonyl (C=O) groups excluding carboxylic acids is 1. The topological polar surface area (TPSA) is 48.9 Å². The summed E-state index contributed by atoms with van der Waals surface area (Å²) in [5.74, 6) is 0.181. The Bertz CT molecular complexity index is 573. The first-order valence-electron chi connectivity index (χ1n) is 8.38. The Morgan fingerprint density at radius 1 is 1.43 bits per heavy atom. The van der Waals surface area contributed by atoms with Gasteiger partial charge in [0.15, 0.2) is 0 Å². The number of amides is 1. The summed E-state index contributed by atoms with van der Waals surface area (Å²) in [6.07, 6.45) is 3.75. The van der Waals surface area contributed by atoms with Crippen molar-refractivity contribution in [1.29, 1.82) is 0 Å². The van der Waals surface area contributed by atoms with E-state index in [2.05, 4.69) is 20.9 Å². The maximum Gasteiger partial charge on any atom is 0.219 e. The number of likely N-dealkylation sites (tertiary alicyclic amines) is 1. The Balaban J connectivity index is 1.47. The van der Waals surface area contributed by atoms with Crippen LogP contribution in [0.25, 0.3) is 0 Å². The fourth-order valence-corrected chi connectivity index (χ4v) is 4.36. The molecule has 0 radical (unpaired) electrons. The van der Waals surface area contributed by atoms with Crippen molar-refractivity contribution in [2.75, 3.05) is 45.9 Å². The largest absolute Gasteiger partial charge is 0.378 e. The van der Waals surface area contributed by atoms with Gasteiger partial charge >= 0.3 is 0 Å². The second kappa shape index (κ2) is 5.85. The quantitative estimate of drug-likeness (QED) is 0.780. The molecule has 124 valence electrons. The Morgan fingerprint density at radius 3 is 3.04 bits per heavy atom. The molecule has 1 atom stereocenters. The summed E-state index contributed by atoms with van der Waals surface area (Å²) in [7, 11) is 0. The van der Waals surface area contributed by atoms with E-state index >= 15 is 0 Å². The molecule has 1 aromatic rings. The molecule has 4 rings (SSSR count). The van der Waals surface area contributed by atoms with Crippen molar-refractivity contribution in [1.82, 2.24) is 19.7 Å². The summed E-state index contributed by atoms with van der Waals surface area (Å²) in [4.78, 5) is 23.2. The molecule has 0 aliphatic carbocycles. The SMILES string of the molecule is CC(=O)N1C[C@@H]2COCCN2C2(CN(Cc3cccnc3)C2)C1. The van der Waals surface area contributed by atoms with Crippen LogP contribution in [0.5, 0.6) is 0 Å². The minimum atomic E-state index is 0.112. The van der Waals surface area contributed by atoms with Gasteiger partial charge in [-0.2, -0.15) is 0 Å². The zero-order valence-corrected chi connectivity index (χ0v) is 13.6. The molecule has 0 aromatic carbocycles. The number of carbonyl (C=O) groups is 1. The first-order chi connectivity index (χ1) is 11.2. The molecule has 4 heterocycles. The van der Waals surface area contributed by atoms with Gasteiger partial charge in [-0.1, -0.05) is 6.07 Å². The smallest absolute Gasteiger partial charge is 0.219 e. The lowest BCUT2D eigenvalue weighted by Gasteiger charge is -2.63. The number of rotatable bonds is 2. The average Bonchev–Trinajstić information content (AvgIpc) is 2.54. The van der Waals surface area contributed by atoms with E-state index in [1.807, 2.05) is 23.4 Å². The summed E-state index contributed by atoms with van der Waals surface area (Å²) >= 11 is 0. The van der Waals surface area contributed by atoms with Crippen LogP contribution >= 0.6 is 0 Å². The van der Waals surface area contributed by atoms with E-state index in [0.717, 1.165) is 52.5 Å². The van der Waals surface area contributed by atoms with Gasteiger partial charge in [-0.3, -0.25) is 19.6 Å². The molecule has 3 aliphatic heterocycles. The molecule has 0 saturated carbocycles. The Morgan fingerprint density at radius 2 is 2.30 bits per heavy atom. The van der Waals surface area contributed by atoms with E-state index in [4.69, 9.17) is 4.74 Å². The lowest BCUT2D eigenvalue weighted by molar-refractivity contribution is -0.175. The van der Waals surface area contributed by atoms with Crippen molar-refractivity contribution in [2.24, 2.45) is 0 Å². The Hall–Kier alpha value is -1.50. The number of ether oxygens (including phenoxy) is 1. The maximum absolute atomic E-state index is 11.9. The van der Waals surface area contributed by atoms with Crippen LogP contribution in [0.3, 0.4) is 0 Å². The van der Waals surface area contributed by atoms with E-state index < -0.39 is 0 Å². The van der Waals surface area contributed by atoms with E-state index in [0.29, 0.717) is 6.04 Å². The minimum absolute atomic E-state index is 0.112. The van der Waals surface area contributed by atoms with Crippen LogP contribution in [-0.4, -0.2) is 83.1 Å². The van der Waals surface area contributed by atoms with Crippen molar-refractivity contribution < 1.29 is 9.53 Å². The highest BCUT2D eigenvalue weighted by molar-refractivity contribution is 5.73. The van der Waals surface area contributed by atoms with Gasteiger partial charge in [-0.05, 0) is 11.6 Å². The lowest BCUT2D eigenvalue weighted by Crippen LogP contribution is -2.80. The second-order valence-electron chi connectivity index (χ2n) is 7.05. The van der Waals surface area contributed by atoms with Gasteiger partial charge in [0.05, 0.1) is 24.8 Å². The molecule has 0 bridgehead atoms. The zero-order chi connectivity index (χ0) is 15.9. The molecule has 1 amide bonds. The monoisotopic (exact) mass is 316 g/mol. The van der Waals surface area contributed by atoms with Crippen molar-refractivity contribution in [3.63, 3.8) is 0 Å². The number of hydrogen-bond acceptors (Lipinski definition) is 5. The molecule has 3 saturated heterocycles. The molecule has 6 nitrogen and oxygen atoms in total. The number of aromatic nitrogens is 1. The van der Waals surface area contributed by atoms with Crippen molar-refractivity contribution >= 4 is 5.91 Å². The lowest BCUT2D eigenvalue weighted by atomic mass is 9.82. The number of morpholine rings is 1. The molecule has 0 unspecified atom stereocenters. The molecule has 3 fully saturated rings. The third kappa shape index (κ3) is 2.75. The number of piperazine rings is 1. The minimum Gasteiger partial charge on any atom is -0.378 e. The summed E-state index contributed by atoms with van der Waals surface area (Å²) < 4.78 is 5.65. The van der Waals surface area contributed by atoms with Gasteiger partial charge < -0.3 is 9.64 Å². The third-order valence-electron chi connectivity index (χ3n) is 5.36. The fraction of sp³-hybridized carbons (Fsp3) is 0.647. The predicted molar refractivity (Wildman–Crippen MR) is 85.8 cm³/mol. The molecule has 1 aromatic heterocycles. The van der Waals surface area contributed by atoms with Crippen LogP contribution < -0.4 is 0 Å². The molecule has 6 heteroatoms. The molecular weight excluding hydrogens is 292 g/mol. The summed E-state index contributed by atoms with van der Waals surface area (Å²) in [6, 6.07) is 4.46. The highest BCUT2D eigenvalue weighted by Gasteiger charge is 2.54. The predicted octanol–water partition coefficient (Wildman–Crippen LogP) is 0.199. The first kappa shape index (κ1) is 15.1. The van der Waals surface area contributed by atoms with Crippen LogP contribution in [0, 0.1) is 0 Å². The van der Waals surface area contributed by atoms with Gasteiger partial charge in [-0.25, -0.2) is 0 Å². The summed E-state index contributed by atoms with van der Waals surface area (Å²) in [5, 5.41) is 0. The third-order valence-corrected chi connectivity index (χ3v) is 5.36. The van der Waals surface area contributed by atoms with Crippen LogP contribution in [0.1, 0.15) is 12.5 Å². The molecule has 3 aliphatic rings. The van der Waals surface area contributed by atoms with Crippen LogP contribution in [0.4, 0.5) is 0 Å². The highest BCUT2D eigenvalue weighted by atomic mass is 16.5. The van der Waals surface area contributed by atoms with E-state index in [1.54, 1.807) is 6.92 Å². The van der Waals surface area contributed by atoms with E-state index in [-0.39, 0.29) is 11.4 Å². The zero-order valence-electron chi connectivity index (χ0n) is 13.6. The average molecular weight is 316 g/mol. The van der Waals surface area contributed by atoms with Gasteiger partial charge in [0.2, 0.25) is 5.91 Å². The molecular formula is C17H24N4O2. The number of pyridine rings is 1. The number of fused-ring (bicyclic) bond motifs is 2. The summed E-state index contributed by atoms with van der Waals surface area (Å²) in [5.41, 5.74) is 1.36. The summed E-state index contributed by atoms with van der Waals surface area (Å²) in [6.45, 7) is 8.84. The molecule has 1 spiro atoms. The Kier molecular flexibility index (Phi) is 3.83. The molecule has 23 heavy (non-hydrogen) atoms. The first-order valence-corrected chi connectivity index (χ1v) is 8.38. The standard InChI is InChI=1S/C17H24N4O2/c1-14(22)20-9-16-10-23-6-5-21(16)17(13-20)11-19(12-17)8-15-3-2-4-18-7-15/h2-4,7,16H,5-6,8-13H2,1H3/t16-/m1/s1. The van der Waals surface area contributed by atoms with Crippen molar-refractivity contribution in [2.45, 2.75) is 25.0 Å².